The lowest BCUT2D eigenvalue weighted by molar-refractivity contribution is 0.122. The molecule has 24 heavy (non-hydrogen) atoms. The highest BCUT2D eigenvalue weighted by Gasteiger charge is 2.16. The van der Waals surface area contributed by atoms with E-state index in [1.807, 2.05) is 6.20 Å². The summed E-state index contributed by atoms with van der Waals surface area (Å²) in [4.78, 5) is 15.2. The smallest absolute Gasteiger partial charge is 0.161 e. The second-order valence-electron chi connectivity index (χ2n) is 5.85. The van der Waals surface area contributed by atoms with Gasteiger partial charge in [0.15, 0.2) is 5.82 Å². The van der Waals surface area contributed by atoms with Crippen LogP contribution in [-0.2, 0) is 10.5 Å². The van der Waals surface area contributed by atoms with Crippen molar-refractivity contribution in [3.05, 3.63) is 42.2 Å². The molecule has 3 aromatic rings. The summed E-state index contributed by atoms with van der Waals surface area (Å²) < 4.78 is 5.46. The highest BCUT2D eigenvalue weighted by Crippen LogP contribution is 2.25. The molecule has 4 rings (SSSR count). The summed E-state index contributed by atoms with van der Waals surface area (Å²) in [6.45, 7) is 3.27. The van der Waals surface area contributed by atoms with Gasteiger partial charge in [0.25, 0.3) is 0 Å². The normalized spacial score (nSPS) is 15.1. The van der Waals surface area contributed by atoms with E-state index in [9.17, 15) is 0 Å². The Labute approximate surface area is 145 Å². The van der Waals surface area contributed by atoms with Crippen molar-refractivity contribution in [2.75, 3.05) is 37.5 Å². The van der Waals surface area contributed by atoms with Gasteiger partial charge < -0.3 is 14.6 Å². The van der Waals surface area contributed by atoms with E-state index in [1.165, 1.54) is 5.39 Å². The van der Waals surface area contributed by atoms with Crippen molar-refractivity contribution in [3.8, 4) is 11.4 Å². The fourth-order valence-corrected chi connectivity index (χ4v) is 3.42. The minimum Gasteiger partial charge on any atom is -0.378 e. The summed E-state index contributed by atoms with van der Waals surface area (Å²) in [5, 5.41) is 1.20. The van der Waals surface area contributed by atoms with Gasteiger partial charge in [0.05, 0.1) is 18.9 Å². The summed E-state index contributed by atoms with van der Waals surface area (Å²) in [6, 6.07) is 10.5. The maximum Gasteiger partial charge on any atom is 0.161 e. The van der Waals surface area contributed by atoms with Gasteiger partial charge in [0.2, 0.25) is 0 Å². The van der Waals surface area contributed by atoms with Gasteiger partial charge >= 0.3 is 0 Å². The molecule has 5 nitrogen and oxygen atoms in total. The molecule has 3 heterocycles. The lowest BCUT2D eigenvalue weighted by Crippen LogP contribution is -2.37. The SMILES string of the molecule is CSCc1cc(N2CCOCC2)nc(-c2ccc3cc[nH]c3c2)n1. The molecular weight excluding hydrogens is 320 g/mol. The van der Waals surface area contributed by atoms with Gasteiger partial charge in [-0.2, -0.15) is 11.8 Å². The molecule has 1 aliphatic heterocycles. The predicted molar refractivity (Wildman–Crippen MR) is 99.6 cm³/mol. The van der Waals surface area contributed by atoms with Gasteiger partial charge in [-0.3, -0.25) is 0 Å². The van der Waals surface area contributed by atoms with Crippen molar-refractivity contribution in [3.63, 3.8) is 0 Å². The minimum atomic E-state index is 0.756. The molecule has 1 fully saturated rings. The Morgan fingerprint density at radius 3 is 2.88 bits per heavy atom. The standard InChI is InChI=1S/C18H20N4OS/c1-24-12-15-11-17(22-6-8-23-9-7-22)21-18(20-15)14-3-2-13-4-5-19-16(13)10-14/h2-5,10-11,19H,6-9,12H2,1H3. The third-order valence-electron chi connectivity index (χ3n) is 4.21. The number of thioether (sulfide) groups is 1. The number of aromatic amines is 1. The summed E-state index contributed by atoms with van der Waals surface area (Å²) >= 11 is 1.78. The van der Waals surface area contributed by atoms with Gasteiger partial charge in [0, 0.05) is 42.2 Å². The Morgan fingerprint density at radius 1 is 1.17 bits per heavy atom. The van der Waals surface area contributed by atoms with E-state index in [1.54, 1.807) is 11.8 Å². The number of rotatable bonds is 4. The zero-order valence-electron chi connectivity index (χ0n) is 13.7. The van der Waals surface area contributed by atoms with Crippen LogP contribution in [0, 0.1) is 0 Å². The topological polar surface area (TPSA) is 54.0 Å². The first-order valence-electron chi connectivity index (χ1n) is 8.10. The number of nitrogens with zero attached hydrogens (tertiary/aromatic N) is 3. The third kappa shape index (κ3) is 3.12. The predicted octanol–water partition coefficient (Wildman–Crippen LogP) is 3.32. The number of H-pyrrole nitrogens is 1. The fourth-order valence-electron chi connectivity index (χ4n) is 2.98. The molecule has 0 atom stereocenters. The number of hydrogen-bond donors (Lipinski definition) is 1. The largest absolute Gasteiger partial charge is 0.378 e. The Bertz CT molecular complexity index is 842. The van der Waals surface area contributed by atoms with E-state index in [0.717, 1.165) is 60.5 Å². The van der Waals surface area contributed by atoms with Crippen molar-refractivity contribution in [1.29, 1.82) is 0 Å². The Kier molecular flexibility index (Phi) is 4.40. The summed E-state index contributed by atoms with van der Waals surface area (Å²) in [7, 11) is 0. The fraction of sp³-hybridized carbons (Fsp3) is 0.333. The number of hydrogen-bond acceptors (Lipinski definition) is 5. The molecule has 0 unspecified atom stereocenters. The maximum atomic E-state index is 5.46. The first-order chi connectivity index (χ1) is 11.8. The molecule has 0 saturated carbocycles. The molecule has 0 radical (unpaired) electrons. The van der Waals surface area contributed by atoms with Crippen molar-refractivity contribution in [2.45, 2.75) is 5.75 Å². The molecule has 0 aliphatic carbocycles. The van der Waals surface area contributed by atoms with Crippen molar-refractivity contribution >= 4 is 28.5 Å². The van der Waals surface area contributed by atoms with E-state index in [2.05, 4.69) is 46.5 Å². The van der Waals surface area contributed by atoms with Crippen LogP contribution in [0.15, 0.2) is 36.5 Å². The van der Waals surface area contributed by atoms with Crippen LogP contribution in [0.25, 0.3) is 22.3 Å². The molecule has 2 aromatic heterocycles. The van der Waals surface area contributed by atoms with Crippen LogP contribution in [0.1, 0.15) is 5.69 Å². The molecule has 1 saturated heterocycles. The molecule has 6 heteroatoms. The summed E-state index contributed by atoms with van der Waals surface area (Å²) in [5.41, 5.74) is 3.22. The van der Waals surface area contributed by atoms with E-state index in [-0.39, 0.29) is 0 Å². The minimum absolute atomic E-state index is 0.756. The van der Waals surface area contributed by atoms with Crippen LogP contribution in [0.3, 0.4) is 0 Å². The third-order valence-corrected chi connectivity index (χ3v) is 4.79. The number of fused-ring (bicyclic) bond motifs is 1. The quantitative estimate of drug-likeness (QED) is 0.789. The average molecular weight is 340 g/mol. The second-order valence-corrected chi connectivity index (χ2v) is 6.72. The molecule has 124 valence electrons. The number of anilines is 1. The molecular formula is C18H20N4OS. The van der Waals surface area contributed by atoms with Crippen molar-refractivity contribution < 1.29 is 4.74 Å². The van der Waals surface area contributed by atoms with E-state index in [4.69, 9.17) is 14.7 Å². The highest BCUT2D eigenvalue weighted by molar-refractivity contribution is 7.97. The van der Waals surface area contributed by atoms with Crippen LogP contribution in [0.4, 0.5) is 5.82 Å². The number of benzene rings is 1. The first-order valence-corrected chi connectivity index (χ1v) is 9.50. The Morgan fingerprint density at radius 2 is 2.04 bits per heavy atom. The first kappa shape index (κ1) is 15.5. The van der Waals surface area contributed by atoms with Crippen molar-refractivity contribution in [2.24, 2.45) is 0 Å². The van der Waals surface area contributed by atoms with Gasteiger partial charge in [-0.05, 0) is 23.8 Å². The number of morpholine rings is 1. The molecule has 0 amide bonds. The van der Waals surface area contributed by atoms with Crippen LogP contribution in [0.2, 0.25) is 0 Å². The molecule has 0 bridgehead atoms. The lowest BCUT2D eigenvalue weighted by atomic mass is 10.1. The van der Waals surface area contributed by atoms with Crippen LogP contribution < -0.4 is 4.90 Å². The Balaban J connectivity index is 1.76. The van der Waals surface area contributed by atoms with Crippen LogP contribution in [0.5, 0.6) is 0 Å². The molecule has 1 aliphatic rings. The number of nitrogens with one attached hydrogen (secondary N) is 1. The van der Waals surface area contributed by atoms with Crippen molar-refractivity contribution in [1.82, 2.24) is 15.0 Å². The molecule has 0 spiro atoms. The van der Waals surface area contributed by atoms with Gasteiger partial charge in [0.1, 0.15) is 5.82 Å². The summed E-state index contributed by atoms with van der Waals surface area (Å²) in [6.07, 6.45) is 4.06. The summed E-state index contributed by atoms with van der Waals surface area (Å²) in [5.74, 6) is 2.68. The molecule has 1 N–H and O–H groups in total. The lowest BCUT2D eigenvalue weighted by Gasteiger charge is -2.28. The van der Waals surface area contributed by atoms with Gasteiger partial charge in [-0.1, -0.05) is 12.1 Å². The average Bonchev–Trinajstić information content (AvgIpc) is 3.10. The Hall–Kier alpha value is -2.05. The molecule has 1 aromatic carbocycles. The van der Waals surface area contributed by atoms with Crippen LogP contribution >= 0.6 is 11.8 Å². The van der Waals surface area contributed by atoms with E-state index in [0.29, 0.717) is 0 Å². The monoisotopic (exact) mass is 340 g/mol. The van der Waals surface area contributed by atoms with E-state index < -0.39 is 0 Å². The highest BCUT2D eigenvalue weighted by atomic mass is 32.2. The van der Waals surface area contributed by atoms with Gasteiger partial charge in [-0.15, -0.1) is 0 Å². The van der Waals surface area contributed by atoms with Gasteiger partial charge in [-0.25, -0.2) is 9.97 Å². The number of aromatic nitrogens is 3. The van der Waals surface area contributed by atoms with E-state index >= 15 is 0 Å². The zero-order valence-corrected chi connectivity index (χ0v) is 14.5. The number of ether oxygens (including phenoxy) is 1. The van der Waals surface area contributed by atoms with Crippen LogP contribution in [-0.4, -0.2) is 47.5 Å². The zero-order chi connectivity index (χ0) is 16.4. The maximum absolute atomic E-state index is 5.46. The second kappa shape index (κ2) is 6.83.